The van der Waals surface area contributed by atoms with Crippen LogP contribution in [-0.2, 0) is 0 Å². The summed E-state index contributed by atoms with van der Waals surface area (Å²) in [6.45, 7) is 0.210. The van der Waals surface area contributed by atoms with E-state index in [1.54, 1.807) is 36.4 Å². The largest absolute Gasteiger partial charge is 0.454 e. The summed E-state index contributed by atoms with van der Waals surface area (Å²) < 4.78 is 18.0. The monoisotopic (exact) mass is 581 g/mol. The number of alkyl halides is 6. The highest BCUT2D eigenvalue weighted by molar-refractivity contribution is 6.68. The molecule has 0 saturated heterocycles. The third-order valence-corrected chi connectivity index (χ3v) is 6.55. The fourth-order valence-corrected chi connectivity index (χ4v) is 5.10. The van der Waals surface area contributed by atoms with E-state index in [1.807, 2.05) is 0 Å². The van der Waals surface area contributed by atoms with Gasteiger partial charge in [-0.1, -0.05) is 81.7 Å². The molecule has 2 aromatic carbocycles. The van der Waals surface area contributed by atoms with E-state index in [9.17, 15) is 0 Å². The average molecular weight is 584 g/mol. The summed E-state index contributed by atoms with van der Waals surface area (Å²) in [6, 6.07) is 10.4. The highest BCUT2D eigenvalue weighted by Crippen LogP contribution is 2.49. The van der Waals surface area contributed by atoms with Gasteiger partial charge in [0.15, 0.2) is 23.0 Å². The Morgan fingerprint density at radius 1 is 0.618 bits per heavy atom. The molecule has 0 amide bonds. The Morgan fingerprint density at radius 2 is 1.03 bits per heavy atom. The highest BCUT2D eigenvalue weighted by Gasteiger charge is 2.42. The van der Waals surface area contributed by atoms with Gasteiger partial charge in [-0.15, -0.1) is 0 Å². The van der Waals surface area contributed by atoms with E-state index in [1.165, 1.54) is 6.33 Å². The topological polar surface area (TPSA) is 75.6 Å². The molecular weight excluding hydrogens is 571 g/mol. The highest BCUT2D eigenvalue weighted by atomic mass is 35.6. The number of hydrogen-bond acceptors (Lipinski definition) is 7. The maximum absolute atomic E-state index is 6.37. The molecule has 7 nitrogen and oxygen atoms in total. The number of nitrogens with zero attached hydrogens (tertiary/aromatic N) is 3. The van der Waals surface area contributed by atoms with Crippen LogP contribution in [0.4, 0.5) is 0 Å². The van der Waals surface area contributed by atoms with E-state index < -0.39 is 19.4 Å². The van der Waals surface area contributed by atoms with E-state index in [-0.39, 0.29) is 25.2 Å². The molecule has 0 radical (unpaired) electrons. The summed E-state index contributed by atoms with van der Waals surface area (Å²) in [5, 5.41) is 0. The predicted molar refractivity (Wildman–Crippen MR) is 129 cm³/mol. The molecule has 3 aromatic rings. The van der Waals surface area contributed by atoms with Crippen LogP contribution in [0.15, 0.2) is 42.7 Å². The molecular formula is C21H13Cl6N3O4. The van der Waals surface area contributed by atoms with Crippen molar-refractivity contribution in [3.63, 3.8) is 0 Å². The molecule has 34 heavy (non-hydrogen) atoms. The first kappa shape index (κ1) is 24.1. The Kier molecular flexibility index (Phi) is 6.46. The van der Waals surface area contributed by atoms with Crippen molar-refractivity contribution in [3.05, 3.63) is 65.5 Å². The summed E-state index contributed by atoms with van der Waals surface area (Å²) in [4.78, 5) is 13.1. The summed E-state index contributed by atoms with van der Waals surface area (Å²) in [5.41, 5.74) is 1.19. The molecule has 2 atom stereocenters. The first-order valence-electron chi connectivity index (χ1n) is 9.72. The van der Waals surface area contributed by atoms with Crippen LogP contribution in [0.3, 0.4) is 0 Å². The van der Waals surface area contributed by atoms with Crippen molar-refractivity contribution in [3.8, 4) is 23.0 Å². The lowest BCUT2D eigenvalue weighted by atomic mass is 9.97. The lowest BCUT2D eigenvalue weighted by molar-refractivity contribution is 0.173. The molecule has 5 rings (SSSR count). The number of benzene rings is 2. The zero-order valence-electron chi connectivity index (χ0n) is 16.9. The van der Waals surface area contributed by atoms with Crippen molar-refractivity contribution in [2.75, 3.05) is 13.6 Å². The number of halogens is 6. The minimum atomic E-state index is -1.82. The third kappa shape index (κ3) is 4.74. The zero-order chi connectivity index (χ0) is 24.1. The minimum absolute atomic E-state index is 0.105. The van der Waals surface area contributed by atoms with Gasteiger partial charge in [0.1, 0.15) is 18.0 Å². The van der Waals surface area contributed by atoms with Crippen LogP contribution in [0.2, 0.25) is 0 Å². The third-order valence-electron chi connectivity index (χ3n) is 5.24. The van der Waals surface area contributed by atoms with Crippen molar-refractivity contribution in [1.82, 2.24) is 15.0 Å². The molecule has 3 heterocycles. The number of fused-ring (bicyclic) bond motifs is 2. The van der Waals surface area contributed by atoms with Crippen molar-refractivity contribution in [2.45, 2.75) is 19.4 Å². The van der Waals surface area contributed by atoms with Crippen LogP contribution in [0.25, 0.3) is 0 Å². The van der Waals surface area contributed by atoms with Gasteiger partial charge >= 0.3 is 0 Å². The van der Waals surface area contributed by atoms with E-state index in [4.69, 9.17) is 88.6 Å². The Morgan fingerprint density at radius 3 is 1.44 bits per heavy atom. The van der Waals surface area contributed by atoms with Crippen LogP contribution < -0.4 is 18.9 Å². The van der Waals surface area contributed by atoms with Crippen molar-refractivity contribution >= 4 is 69.6 Å². The summed E-state index contributed by atoms with van der Waals surface area (Å²) >= 11 is 38.2. The van der Waals surface area contributed by atoms with Gasteiger partial charge < -0.3 is 18.9 Å². The molecule has 0 aliphatic carbocycles. The molecule has 2 unspecified atom stereocenters. The first-order chi connectivity index (χ1) is 16.1. The van der Waals surface area contributed by atoms with Crippen LogP contribution in [0.5, 0.6) is 23.0 Å². The van der Waals surface area contributed by atoms with Crippen molar-refractivity contribution in [1.29, 1.82) is 0 Å². The van der Waals surface area contributed by atoms with Gasteiger partial charge in [-0.05, 0) is 35.4 Å². The summed E-state index contributed by atoms with van der Waals surface area (Å²) in [6.07, 6.45) is 1.28. The van der Waals surface area contributed by atoms with Gasteiger partial charge in [0.05, 0.1) is 11.8 Å². The fraction of sp³-hybridized carbons (Fsp3) is 0.286. The van der Waals surface area contributed by atoms with Crippen LogP contribution >= 0.6 is 69.6 Å². The summed E-state index contributed by atoms with van der Waals surface area (Å²) in [5.74, 6) is 0.774. The van der Waals surface area contributed by atoms with Gasteiger partial charge in [-0.3, -0.25) is 0 Å². The quantitative estimate of drug-likeness (QED) is 0.332. The van der Waals surface area contributed by atoms with E-state index in [2.05, 4.69) is 15.0 Å². The van der Waals surface area contributed by atoms with Crippen LogP contribution in [-0.4, -0.2) is 36.1 Å². The molecule has 0 N–H and O–H groups in total. The van der Waals surface area contributed by atoms with Crippen LogP contribution in [0, 0.1) is 0 Å². The van der Waals surface area contributed by atoms with Crippen molar-refractivity contribution in [2.24, 2.45) is 0 Å². The lowest BCUT2D eigenvalue weighted by Crippen LogP contribution is -2.25. The maximum Gasteiger partial charge on any atom is 0.231 e. The maximum atomic E-state index is 6.37. The molecule has 0 fully saturated rings. The zero-order valence-corrected chi connectivity index (χ0v) is 21.4. The van der Waals surface area contributed by atoms with E-state index in [0.29, 0.717) is 34.1 Å². The number of aromatic nitrogens is 3. The van der Waals surface area contributed by atoms with E-state index >= 15 is 0 Å². The first-order valence-corrected chi connectivity index (χ1v) is 12.0. The molecule has 1 aromatic heterocycles. The van der Waals surface area contributed by atoms with Crippen molar-refractivity contribution < 1.29 is 18.9 Å². The van der Waals surface area contributed by atoms with E-state index in [0.717, 1.165) is 0 Å². The SMILES string of the molecule is ClC(Cl)(Cl)C(c1ccc2c(c1)OCO2)c1ncnc(C(c2ccc3c(c2)OCO3)C(Cl)(Cl)Cl)n1. The number of rotatable bonds is 4. The van der Waals surface area contributed by atoms with Gasteiger partial charge in [0.2, 0.25) is 21.2 Å². The molecule has 2 aliphatic rings. The number of hydrogen-bond donors (Lipinski definition) is 0. The Hall–Kier alpha value is -1.61. The molecule has 2 aliphatic heterocycles. The second-order valence-electron chi connectivity index (χ2n) is 7.38. The van der Waals surface area contributed by atoms with Crippen LogP contribution in [0.1, 0.15) is 34.6 Å². The predicted octanol–water partition coefficient (Wildman–Crippen LogP) is 6.33. The normalized spacial score (nSPS) is 16.4. The molecule has 13 heteroatoms. The van der Waals surface area contributed by atoms with Gasteiger partial charge in [0.25, 0.3) is 0 Å². The Balaban J connectivity index is 1.58. The molecule has 0 bridgehead atoms. The number of ether oxygens (including phenoxy) is 4. The second kappa shape index (κ2) is 9.12. The standard InChI is InChI=1S/C21H13Cl6N3O4/c22-20(23,24)16(10-1-3-12-14(5-10)33-8-31-12)18-28-7-29-19(30-18)17(21(25,26)27)11-2-4-13-15(6-11)34-9-32-13/h1-7,16-17H,8-9H2. The molecule has 178 valence electrons. The molecule has 0 saturated carbocycles. The Bertz CT molecular complexity index is 1140. The second-order valence-corrected chi connectivity index (χ2v) is 12.1. The van der Waals surface area contributed by atoms with Gasteiger partial charge in [-0.2, -0.15) is 0 Å². The average Bonchev–Trinajstić information content (AvgIpc) is 3.41. The minimum Gasteiger partial charge on any atom is -0.454 e. The fourth-order valence-electron chi connectivity index (χ4n) is 3.75. The Labute approximate surface area is 224 Å². The smallest absolute Gasteiger partial charge is 0.231 e. The summed E-state index contributed by atoms with van der Waals surface area (Å²) in [7, 11) is 0. The lowest BCUT2D eigenvalue weighted by Gasteiger charge is -2.26. The van der Waals surface area contributed by atoms with Gasteiger partial charge in [0, 0.05) is 0 Å². The van der Waals surface area contributed by atoms with Gasteiger partial charge in [-0.25, -0.2) is 15.0 Å². The molecule has 0 spiro atoms.